The number of nitro benzene ring substituents is 1. The summed E-state index contributed by atoms with van der Waals surface area (Å²) in [4.78, 5) is 33.8. The van der Waals surface area contributed by atoms with Crippen LogP contribution in [-0.2, 0) is 9.59 Å². The van der Waals surface area contributed by atoms with Crippen molar-refractivity contribution in [2.24, 2.45) is 11.8 Å². The van der Waals surface area contributed by atoms with Gasteiger partial charge in [0, 0.05) is 17.8 Å². The maximum absolute atomic E-state index is 12.3. The van der Waals surface area contributed by atoms with Crippen LogP contribution >= 0.6 is 0 Å². The van der Waals surface area contributed by atoms with Crippen molar-refractivity contribution in [3.05, 3.63) is 58.6 Å². The zero-order valence-electron chi connectivity index (χ0n) is 13.9. The number of aliphatic carboxylic acids is 1. The number of nitro groups is 1. The van der Waals surface area contributed by atoms with Crippen molar-refractivity contribution in [1.82, 2.24) is 0 Å². The predicted octanol–water partition coefficient (Wildman–Crippen LogP) is 3.70. The Morgan fingerprint density at radius 3 is 2.04 bits per heavy atom. The van der Waals surface area contributed by atoms with Gasteiger partial charge in [-0.3, -0.25) is 19.7 Å². The van der Waals surface area contributed by atoms with Gasteiger partial charge in [-0.2, -0.15) is 0 Å². The van der Waals surface area contributed by atoms with Crippen molar-refractivity contribution in [3.8, 4) is 11.1 Å². The number of hydrogen-bond donors (Lipinski definition) is 2. The van der Waals surface area contributed by atoms with E-state index in [-0.39, 0.29) is 11.6 Å². The molecule has 2 aromatic carbocycles. The summed E-state index contributed by atoms with van der Waals surface area (Å²) in [5, 5.41) is 22.7. The van der Waals surface area contributed by atoms with Crippen LogP contribution in [0.25, 0.3) is 11.1 Å². The standard InChI is InChI=1S/C19H18N2O5/c22-18(16-2-1-3-17(16)19(23)24)20-14-8-4-12(5-9-14)13-6-10-15(11-7-13)21(25)26/h4-11,16-17H,1-3H2,(H,20,22)(H,23,24)/t16-,17-/m1/s1. The van der Waals surface area contributed by atoms with E-state index < -0.39 is 22.7 Å². The maximum atomic E-state index is 12.3. The number of rotatable bonds is 5. The van der Waals surface area contributed by atoms with Gasteiger partial charge in [-0.05, 0) is 48.2 Å². The molecular weight excluding hydrogens is 336 g/mol. The molecule has 1 aliphatic carbocycles. The Morgan fingerprint density at radius 1 is 0.962 bits per heavy atom. The van der Waals surface area contributed by atoms with E-state index in [9.17, 15) is 24.8 Å². The third-order valence-corrected chi connectivity index (χ3v) is 4.73. The summed E-state index contributed by atoms with van der Waals surface area (Å²) in [6.07, 6.45) is 1.87. The van der Waals surface area contributed by atoms with Crippen molar-refractivity contribution in [2.75, 3.05) is 5.32 Å². The third kappa shape index (κ3) is 3.72. The van der Waals surface area contributed by atoms with Crippen LogP contribution in [0.4, 0.5) is 11.4 Å². The molecule has 0 bridgehead atoms. The molecule has 134 valence electrons. The lowest BCUT2D eigenvalue weighted by atomic mass is 9.95. The van der Waals surface area contributed by atoms with Gasteiger partial charge < -0.3 is 10.4 Å². The molecule has 2 atom stereocenters. The molecular formula is C19H18N2O5. The molecule has 1 amide bonds. The lowest BCUT2D eigenvalue weighted by molar-refractivity contribution is -0.384. The predicted molar refractivity (Wildman–Crippen MR) is 95.6 cm³/mol. The molecule has 1 saturated carbocycles. The molecule has 2 aromatic rings. The SMILES string of the molecule is O=C(O)[C@@H]1CCC[C@H]1C(=O)Nc1ccc(-c2ccc([N+](=O)[O-])cc2)cc1. The van der Waals surface area contributed by atoms with Crippen molar-refractivity contribution >= 4 is 23.3 Å². The molecule has 0 saturated heterocycles. The summed E-state index contributed by atoms with van der Waals surface area (Å²) in [6.45, 7) is 0. The Hall–Kier alpha value is -3.22. The van der Waals surface area contributed by atoms with Gasteiger partial charge in [0.2, 0.25) is 5.91 Å². The highest BCUT2D eigenvalue weighted by atomic mass is 16.6. The molecule has 2 N–H and O–H groups in total. The molecule has 1 fully saturated rings. The van der Waals surface area contributed by atoms with Crippen LogP contribution in [-0.4, -0.2) is 21.9 Å². The lowest BCUT2D eigenvalue weighted by Crippen LogP contribution is -2.29. The number of anilines is 1. The highest BCUT2D eigenvalue weighted by Gasteiger charge is 2.37. The number of nitrogens with one attached hydrogen (secondary N) is 1. The molecule has 0 heterocycles. The van der Waals surface area contributed by atoms with Crippen LogP contribution < -0.4 is 5.32 Å². The van der Waals surface area contributed by atoms with Gasteiger partial charge in [0.05, 0.1) is 16.8 Å². The van der Waals surface area contributed by atoms with E-state index in [4.69, 9.17) is 0 Å². The number of hydrogen-bond acceptors (Lipinski definition) is 4. The summed E-state index contributed by atoms with van der Waals surface area (Å²) < 4.78 is 0. The van der Waals surface area contributed by atoms with Gasteiger partial charge in [0.1, 0.15) is 0 Å². The molecule has 7 nitrogen and oxygen atoms in total. The van der Waals surface area contributed by atoms with Crippen LogP contribution in [0.5, 0.6) is 0 Å². The van der Waals surface area contributed by atoms with Gasteiger partial charge in [-0.25, -0.2) is 0 Å². The molecule has 1 aliphatic rings. The Labute approximate surface area is 149 Å². The summed E-state index contributed by atoms with van der Waals surface area (Å²) >= 11 is 0. The van der Waals surface area contributed by atoms with E-state index in [1.165, 1.54) is 12.1 Å². The molecule has 0 radical (unpaired) electrons. The fraction of sp³-hybridized carbons (Fsp3) is 0.263. The molecule has 0 spiro atoms. The van der Waals surface area contributed by atoms with E-state index in [1.54, 1.807) is 36.4 Å². The number of non-ortho nitro benzene ring substituents is 1. The summed E-state index contributed by atoms with van der Waals surface area (Å²) in [5.74, 6) is -2.30. The van der Waals surface area contributed by atoms with Crippen LogP contribution in [0.3, 0.4) is 0 Å². The second kappa shape index (κ2) is 7.35. The first-order valence-corrected chi connectivity index (χ1v) is 8.34. The first-order chi connectivity index (χ1) is 12.5. The van der Waals surface area contributed by atoms with Crippen molar-refractivity contribution in [2.45, 2.75) is 19.3 Å². The van der Waals surface area contributed by atoms with E-state index in [2.05, 4.69) is 5.32 Å². The molecule has 7 heteroatoms. The van der Waals surface area contributed by atoms with E-state index in [1.807, 2.05) is 0 Å². The van der Waals surface area contributed by atoms with Crippen LogP contribution in [0.15, 0.2) is 48.5 Å². The second-order valence-corrected chi connectivity index (χ2v) is 6.35. The Bertz CT molecular complexity index is 830. The molecule has 0 aromatic heterocycles. The minimum absolute atomic E-state index is 0.0298. The summed E-state index contributed by atoms with van der Waals surface area (Å²) in [6, 6.07) is 13.3. The maximum Gasteiger partial charge on any atom is 0.307 e. The zero-order valence-corrected chi connectivity index (χ0v) is 13.9. The van der Waals surface area contributed by atoms with Gasteiger partial charge in [-0.15, -0.1) is 0 Å². The first kappa shape index (κ1) is 17.6. The van der Waals surface area contributed by atoms with E-state index >= 15 is 0 Å². The average molecular weight is 354 g/mol. The topological polar surface area (TPSA) is 110 Å². The Kier molecular flexibility index (Phi) is 4.97. The molecule has 0 aliphatic heterocycles. The van der Waals surface area contributed by atoms with Gasteiger partial charge in [0.15, 0.2) is 0 Å². The van der Waals surface area contributed by atoms with Gasteiger partial charge in [0.25, 0.3) is 5.69 Å². The average Bonchev–Trinajstić information content (AvgIpc) is 3.13. The second-order valence-electron chi connectivity index (χ2n) is 6.35. The number of amides is 1. The molecule has 0 unspecified atom stereocenters. The number of benzene rings is 2. The van der Waals surface area contributed by atoms with Crippen LogP contribution in [0.1, 0.15) is 19.3 Å². The summed E-state index contributed by atoms with van der Waals surface area (Å²) in [7, 11) is 0. The number of carbonyl (C=O) groups excluding carboxylic acids is 1. The van der Waals surface area contributed by atoms with Crippen molar-refractivity contribution in [1.29, 1.82) is 0 Å². The first-order valence-electron chi connectivity index (χ1n) is 8.34. The number of nitrogens with zero attached hydrogens (tertiary/aromatic N) is 1. The number of carboxylic acid groups (broad SMARTS) is 1. The fourth-order valence-electron chi connectivity index (χ4n) is 3.33. The van der Waals surface area contributed by atoms with E-state index in [0.29, 0.717) is 18.5 Å². The van der Waals surface area contributed by atoms with Gasteiger partial charge in [-0.1, -0.05) is 18.6 Å². The number of carbonyl (C=O) groups is 2. The third-order valence-electron chi connectivity index (χ3n) is 4.73. The lowest BCUT2D eigenvalue weighted by Gasteiger charge is -2.15. The summed E-state index contributed by atoms with van der Waals surface area (Å²) in [5.41, 5.74) is 2.32. The van der Waals surface area contributed by atoms with E-state index in [0.717, 1.165) is 17.5 Å². The Balaban J connectivity index is 1.68. The van der Waals surface area contributed by atoms with Crippen molar-refractivity contribution < 1.29 is 19.6 Å². The van der Waals surface area contributed by atoms with Crippen molar-refractivity contribution in [3.63, 3.8) is 0 Å². The minimum Gasteiger partial charge on any atom is -0.481 e. The van der Waals surface area contributed by atoms with Crippen LogP contribution in [0, 0.1) is 22.0 Å². The molecule has 26 heavy (non-hydrogen) atoms. The smallest absolute Gasteiger partial charge is 0.307 e. The Morgan fingerprint density at radius 2 is 1.50 bits per heavy atom. The van der Waals surface area contributed by atoms with Gasteiger partial charge >= 0.3 is 5.97 Å². The van der Waals surface area contributed by atoms with Crippen LogP contribution in [0.2, 0.25) is 0 Å². The minimum atomic E-state index is -0.920. The normalized spacial score (nSPS) is 19.1. The highest BCUT2D eigenvalue weighted by Crippen LogP contribution is 2.33. The zero-order chi connectivity index (χ0) is 18.7. The fourth-order valence-corrected chi connectivity index (χ4v) is 3.33. The largest absolute Gasteiger partial charge is 0.481 e. The monoisotopic (exact) mass is 354 g/mol. The molecule has 3 rings (SSSR count). The number of carboxylic acids is 1. The quantitative estimate of drug-likeness (QED) is 0.628. The highest BCUT2D eigenvalue weighted by molar-refractivity contribution is 5.95.